The van der Waals surface area contributed by atoms with Crippen molar-refractivity contribution in [2.45, 2.75) is 20.4 Å². The summed E-state index contributed by atoms with van der Waals surface area (Å²) >= 11 is 0. The smallest absolute Gasteiger partial charge is 0.251 e. The number of hydrogen-bond acceptors (Lipinski definition) is 4. The topological polar surface area (TPSA) is 81.2 Å². The van der Waals surface area contributed by atoms with Crippen molar-refractivity contribution < 1.29 is 18.1 Å². The van der Waals surface area contributed by atoms with Crippen LogP contribution in [-0.4, -0.2) is 11.1 Å². The van der Waals surface area contributed by atoms with Crippen LogP contribution >= 0.6 is 0 Å². The number of nitrogens with zero attached hydrogens (tertiary/aromatic N) is 1. The van der Waals surface area contributed by atoms with E-state index in [2.05, 4.69) is 10.5 Å². The average Bonchev–Trinajstić information content (AvgIpc) is 2.72. The lowest BCUT2D eigenvalue weighted by atomic mass is 10.1. The predicted molar refractivity (Wildman–Crippen MR) is 67.9 cm³/mol. The highest BCUT2D eigenvalue weighted by atomic mass is 19.1. The first-order valence-electron chi connectivity index (χ1n) is 5.84. The van der Waals surface area contributed by atoms with Crippen molar-refractivity contribution >= 4 is 11.6 Å². The highest BCUT2D eigenvalue weighted by Crippen LogP contribution is 2.17. The van der Waals surface area contributed by atoms with Crippen LogP contribution in [0, 0.1) is 25.5 Å². The minimum absolute atomic E-state index is 0.138. The largest absolute Gasteiger partial charge is 0.394 e. The van der Waals surface area contributed by atoms with Gasteiger partial charge in [-0.1, -0.05) is 5.16 Å². The van der Waals surface area contributed by atoms with Gasteiger partial charge in [-0.2, -0.15) is 0 Å². The van der Waals surface area contributed by atoms with Crippen LogP contribution in [0.1, 0.15) is 27.4 Å². The first-order valence-corrected chi connectivity index (χ1v) is 5.84. The first kappa shape index (κ1) is 14.0. The number of carbonyl (C=O) groups excluding carboxylic acids is 1. The van der Waals surface area contributed by atoms with Gasteiger partial charge in [0.2, 0.25) is 0 Å². The molecule has 0 aliphatic heterocycles. The maximum absolute atomic E-state index is 13.3. The first-order chi connectivity index (χ1) is 9.40. The number of nitrogen functional groups attached to an aromatic ring is 1. The van der Waals surface area contributed by atoms with Crippen molar-refractivity contribution in [3.63, 3.8) is 0 Å². The van der Waals surface area contributed by atoms with Crippen LogP contribution in [0.3, 0.4) is 0 Å². The fourth-order valence-electron chi connectivity index (χ4n) is 1.74. The van der Waals surface area contributed by atoms with E-state index in [0.29, 0.717) is 11.5 Å². The molecule has 5 nitrogen and oxygen atoms in total. The van der Waals surface area contributed by atoms with Gasteiger partial charge in [-0.15, -0.1) is 0 Å². The molecule has 20 heavy (non-hydrogen) atoms. The highest BCUT2D eigenvalue weighted by molar-refractivity contribution is 5.94. The van der Waals surface area contributed by atoms with Crippen molar-refractivity contribution in [1.82, 2.24) is 10.5 Å². The van der Waals surface area contributed by atoms with Crippen LogP contribution in [-0.2, 0) is 6.54 Å². The van der Waals surface area contributed by atoms with Gasteiger partial charge in [-0.05, 0) is 26.0 Å². The molecule has 0 radical (unpaired) electrons. The molecule has 3 N–H and O–H groups in total. The molecule has 1 heterocycles. The lowest BCUT2D eigenvalue weighted by molar-refractivity contribution is 0.0950. The fraction of sp³-hybridized carbons (Fsp3) is 0.231. The molecule has 0 fully saturated rings. The Hall–Kier alpha value is -2.44. The number of amides is 1. The molecular formula is C13H13F2N3O2. The van der Waals surface area contributed by atoms with E-state index in [-0.39, 0.29) is 12.1 Å². The Morgan fingerprint density at radius 3 is 2.45 bits per heavy atom. The number of benzene rings is 1. The van der Waals surface area contributed by atoms with Gasteiger partial charge in [0.05, 0.1) is 5.69 Å². The summed E-state index contributed by atoms with van der Waals surface area (Å²) in [4.78, 5) is 11.8. The third-order valence-electron chi connectivity index (χ3n) is 2.95. The maximum atomic E-state index is 13.3. The summed E-state index contributed by atoms with van der Waals surface area (Å²) in [6, 6.07) is 1.78. The molecule has 0 aliphatic carbocycles. The summed E-state index contributed by atoms with van der Waals surface area (Å²) < 4.78 is 31.5. The van der Waals surface area contributed by atoms with Crippen molar-refractivity contribution in [1.29, 1.82) is 0 Å². The molecule has 0 aliphatic rings. The molecule has 2 aromatic rings. The number of nitrogens with one attached hydrogen (secondary N) is 1. The third kappa shape index (κ3) is 2.61. The van der Waals surface area contributed by atoms with Crippen molar-refractivity contribution in [2.75, 3.05) is 5.73 Å². The number of halogens is 2. The van der Waals surface area contributed by atoms with E-state index in [1.165, 1.54) is 0 Å². The van der Waals surface area contributed by atoms with Gasteiger partial charge in [0.1, 0.15) is 23.1 Å². The van der Waals surface area contributed by atoms with Gasteiger partial charge in [0.15, 0.2) is 0 Å². The molecule has 0 spiro atoms. The van der Waals surface area contributed by atoms with Crippen LogP contribution in [0.25, 0.3) is 0 Å². The normalized spacial score (nSPS) is 10.6. The van der Waals surface area contributed by atoms with E-state index >= 15 is 0 Å². The zero-order valence-electron chi connectivity index (χ0n) is 11.0. The van der Waals surface area contributed by atoms with Crippen LogP contribution in [0.15, 0.2) is 16.7 Å². The number of anilines is 1. The van der Waals surface area contributed by atoms with E-state index in [9.17, 15) is 13.6 Å². The summed E-state index contributed by atoms with van der Waals surface area (Å²) in [6.07, 6.45) is 0. The molecule has 0 saturated carbocycles. The number of aryl methyl sites for hydroxylation is 2. The zero-order chi connectivity index (χ0) is 14.9. The maximum Gasteiger partial charge on any atom is 0.251 e. The Morgan fingerprint density at radius 1 is 1.35 bits per heavy atom. The van der Waals surface area contributed by atoms with Crippen LogP contribution in [0.2, 0.25) is 0 Å². The molecule has 0 bridgehead atoms. The zero-order valence-corrected chi connectivity index (χ0v) is 11.0. The van der Waals surface area contributed by atoms with Crippen LogP contribution in [0.4, 0.5) is 14.5 Å². The van der Waals surface area contributed by atoms with Crippen LogP contribution in [0.5, 0.6) is 0 Å². The summed E-state index contributed by atoms with van der Waals surface area (Å²) in [5.41, 5.74) is 5.78. The quantitative estimate of drug-likeness (QED) is 0.844. The number of aromatic nitrogens is 1. The minimum Gasteiger partial charge on any atom is -0.394 e. The van der Waals surface area contributed by atoms with E-state index in [1.54, 1.807) is 13.8 Å². The molecule has 0 saturated heterocycles. The Morgan fingerprint density at radius 2 is 1.95 bits per heavy atom. The highest BCUT2D eigenvalue weighted by Gasteiger charge is 2.15. The molecule has 7 heteroatoms. The summed E-state index contributed by atoms with van der Waals surface area (Å²) in [5, 5.41) is 6.29. The SMILES string of the molecule is Cc1noc(C)c1CNC(=O)c1cc(F)c(N)c(F)c1. The summed E-state index contributed by atoms with van der Waals surface area (Å²) in [7, 11) is 0. The second-order valence-corrected chi connectivity index (χ2v) is 4.34. The van der Waals surface area contributed by atoms with E-state index in [1.807, 2.05) is 0 Å². The summed E-state index contributed by atoms with van der Waals surface area (Å²) in [6.45, 7) is 3.61. The Bertz CT molecular complexity index is 625. The third-order valence-corrected chi connectivity index (χ3v) is 2.95. The van der Waals surface area contributed by atoms with E-state index < -0.39 is 23.2 Å². The number of hydrogen-bond donors (Lipinski definition) is 2. The van der Waals surface area contributed by atoms with Gasteiger partial charge >= 0.3 is 0 Å². The van der Waals surface area contributed by atoms with E-state index in [0.717, 1.165) is 17.7 Å². The Labute approximate surface area is 113 Å². The molecule has 1 amide bonds. The fourth-order valence-corrected chi connectivity index (χ4v) is 1.74. The number of rotatable bonds is 3. The van der Waals surface area contributed by atoms with Gasteiger partial charge in [0, 0.05) is 17.7 Å². The van der Waals surface area contributed by atoms with E-state index in [4.69, 9.17) is 10.3 Å². The van der Waals surface area contributed by atoms with Crippen molar-refractivity contribution in [3.8, 4) is 0 Å². The second kappa shape index (κ2) is 5.28. The monoisotopic (exact) mass is 281 g/mol. The van der Waals surface area contributed by atoms with Gasteiger partial charge in [-0.3, -0.25) is 4.79 Å². The van der Waals surface area contributed by atoms with Crippen LogP contribution < -0.4 is 11.1 Å². The molecule has 106 valence electrons. The van der Waals surface area contributed by atoms with Gasteiger partial charge < -0.3 is 15.6 Å². The Kier molecular flexibility index (Phi) is 3.69. The van der Waals surface area contributed by atoms with Crippen molar-refractivity contribution in [2.24, 2.45) is 0 Å². The minimum atomic E-state index is -0.965. The molecule has 1 aromatic carbocycles. The van der Waals surface area contributed by atoms with Gasteiger partial charge in [-0.25, -0.2) is 8.78 Å². The molecular weight excluding hydrogens is 268 g/mol. The molecule has 1 aromatic heterocycles. The lowest BCUT2D eigenvalue weighted by Crippen LogP contribution is -2.23. The number of carbonyl (C=O) groups is 1. The predicted octanol–water partition coefficient (Wildman–Crippen LogP) is 2.08. The average molecular weight is 281 g/mol. The Balaban J connectivity index is 2.13. The molecule has 2 rings (SSSR count). The molecule has 0 unspecified atom stereocenters. The van der Waals surface area contributed by atoms with Gasteiger partial charge in [0.25, 0.3) is 5.91 Å². The molecule has 0 atom stereocenters. The number of nitrogens with two attached hydrogens (primary N) is 1. The van der Waals surface area contributed by atoms with Crippen molar-refractivity contribution in [3.05, 3.63) is 46.3 Å². The standard InChI is InChI=1S/C13H13F2N3O2/c1-6-9(7(2)20-18-6)5-17-13(19)8-3-10(14)12(16)11(15)4-8/h3-4H,5,16H2,1-2H3,(H,17,19). The second-order valence-electron chi connectivity index (χ2n) is 4.34. The summed E-state index contributed by atoms with van der Waals surface area (Å²) in [5.74, 6) is -1.96. The lowest BCUT2D eigenvalue weighted by Gasteiger charge is -2.06.